The van der Waals surface area contributed by atoms with Crippen LogP contribution >= 0.6 is 11.3 Å². The molecule has 3 N–H and O–H groups in total. The van der Waals surface area contributed by atoms with Gasteiger partial charge in [0.15, 0.2) is 0 Å². The summed E-state index contributed by atoms with van der Waals surface area (Å²) in [4.78, 5) is 27.4. The van der Waals surface area contributed by atoms with E-state index >= 15 is 0 Å². The fraction of sp³-hybridized carbons (Fsp3) is 0.684. The summed E-state index contributed by atoms with van der Waals surface area (Å²) in [5.41, 5.74) is 0.676. The van der Waals surface area contributed by atoms with Gasteiger partial charge in [0.2, 0.25) is 0 Å². The highest BCUT2D eigenvalue weighted by Gasteiger charge is 2.42. The van der Waals surface area contributed by atoms with E-state index in [1.807, 2.05) is 24.8 Å². The molecule has 1 amide bonds. The van der Waals surface area contributed by atoms with Crippen molar-refractivity contribution in [1.82, 2.24) is 10.2 Å². The first-order chi connectivity index (χ1) is 12.8. The van der Waals surface area contributed by atoms with Gasteiger partial charge in [-0.15, -0.1) is 11.3 Å². The number of carboxylic acids is 1. The van der Waals surface area contributed by atoms with E-state index in [0.29, 0.717) is 24.6 Å². The fourth-order valence-electron chi connectivity index (χ4n) is 3.87. The molecule has 1 spiro atoms. The van der Waals surface area contributed by atoms with Gasteiger partial charge in [0.1, 0.15) is 0 Å². The fourth-order valence-corrected chi connectivity index (χ4v) is 5.00. The lowest BCUT2D eigenvalue weighted by Gasteiger charge is -2.43. The Morgan fingerprint density at radius 3 is 2.67 bits per heavy atom. The molecule has 1 aromatic heterocycles. The zero-order valence-electron chi connectivity index (χ0n) is 15.9. The van der Waals surface area contributed by atoms with Gasteiger partial charge in [0.25, 0.3) is 5.91 Å². The van der Waals surface area contributed by atoms with E-state index < -0.39 is 11.6 Å². The number of carbonyl (C=O) groups is 2. The molecule has 27 heavy (non-hydrogen) atoms. The minimum absolute atomic E-state index is 0.0536. The predicted octanol–water partition coefficient (Wildman–Crippen LogP) is 1.44. The highest BCUT2D eigenvalue weighted by Crippen LogP contribution is 2.44. The van der Waals surface area contributed by atoms with Crippen LogP contribution in [0.4, 0.5) is 0 Å². The summed E-state index contributed by atoms with van der Waals surface area (Å²) in [6.45, 7) is 5.87. The second kappa shape index (κ2) is 8.26. The van der Waals surface area contributed by atoms with Crippen molar-refractivity contribution in [2.75, 3.05) is 32.8 Å². The summed E-state index contributed by atoms with van der Waals surface area (Å²) < 4.78 is 6.18. The molecule has 3 rings (SSSR count). The Hall–Kier alpha value is -1.48. The molecule has 2 aliphatic heterocycles. The first kappa shape index (κ1) is 20.3. The van der Waals surface area contributed by atoms with Crippen molar-refractivity contribution in [3.8, 4) is 0 Å². The number of thiophene rings is 1. The molecule has 0 aromatic carbocycles. The maximum atomic E-state index is 12.7. The SMILES string of the molecule is CC(C)C(CO)NC(=O)c1cc2c(s1)CCOC21CCN(CC(=O)O)CC1. The molecule has 150 valence electrons. The highest BCUT2D eigenvalue weighted by atomic mass is 32.1. The number of carbonyl (C=O) groups excluding carboxylic acids is 1. The largest absolute Gasteiger partial charge is 0.480 e. The van der Waals surface area contributed by atoms with Gasteiger partial charge < -0.3 is 20.3 Å². The van der Waals surface area contributed by atoms with Crippen molar-refractivity contribution in [1.29, 1.82) is 0 Å². The van der Waals surface area contributed by atoms with Crippen molar-refractivity contribution in [3.05, 3.63) is 21.4 Å². The van der Waals surface area contributed by atoms with E-state index in [1.54, 1.807) is 0 Å². The monoisotopic (exact) mass is 396 g/mol. The molecule has 0 aliphatic carbocycles. The number of likely N-dealkylation sites (tertiary alicyclic amines) is 1. The Labute approximate surface area is 163 Å². The number of aliphatic carboxylic acids is 1. The number of nitrogens with zero attached hydrogens (tertiary/aromatic N) is 1. The van der Waals surface area contributed by atoms with E-state index in [1.165, 1.54) is 16.2 Å². The van der Waals surface area contributed by atoms with Crippen LogP contribution < -0.4 is 5.32 Å². The first-order valence-corrected chi connectivity index (χ1v) is 10.3. The predicted molar refractivity (Wildman–Crippen MR) is 102 cm³/mol. The van der Waals surface area contributed by atoms with Crippen LogP contribution in [0.5, 0.6) is 0 Å². The maximum absolute atomic E-state index is 12.7. The number of rotatable bonds is 6. The number of aliphatic hydroxyl groups is 1. The topological polar surface area (TPSA) is 99.1 Å². The average Bonchev–Trinajstić information content (AvgIpc) is 3.07. The summed E-state index contributed by atoms with van der Waals surface area (Å²) in [6.07, 6.45) is 2.26. The normalized spacial score (nSPS) is 20.4. The smallest absolute Gasteiger partial charge is 0.317 e. The summed E-state index contributed by atoms with van der Waals surface area (Å²) in [5, 5.41) is 21.4. The number of ether oxygens (including phenoxy) is 1. The summed E-state index contributed by atoms with van der Waals surface area (Å²) >= 11 is 1.51. The third-order valence-electron chi connectivity index (χ3n) is 5.57. The number of amides is 1. The minimum atomic E-state index is -0.811. The van der Waals surface area contributed by atoms with Crippen LogP contribution in [0, 0.1) is 5.92 Å². The molecule has 0 bridgehead atoms. The molecular formula is C19H28N2O5S. The summed E-state index contributed by atoms with van der Waals surface area (Å²) in [7, 11) is 0. The van der Waals surface area contributed by atoms with E-state index in [0.717, 1.165) is 24.8 Å². The van der Waals surface area contributed by atoms with E-state index in [-0.39, 0.29) is 31.0 Å². The van der Waals surface area contributed by atoms with Gasteiger partial charge in [0, 0.05) is 24.4 Å². The van der Waals surface area contributed by atoms with Gasteiger partial charge in [0.05, 0.1) is 36.3 Å². The quantitative estimate of drug-likeness (QED) is 0.673. The second-order valence-corrected chi connectivity index (χ2v) is 8.85. The zero-order chi connectivity index (χ0) is 19.6. The Morgan fingerprint density at radius 1 is 1.37 bits per heavy atom. The molecule has 1 unspecified atom stereocenters. The molecule has 0 saturated carbocycles. The van der Waals surface area contributed by atoms with Gasteiger partial charge in [-0.2, -0.15) is 0 Å². The number of fused-ring (bicyclic) bond motifs is 2. The maximum Gasteiger partial charge on any atom is 0.317 e. The van der Waals surface area contributed by atoms with Crippen molar-refractivity contribution >= 4 is 23.2 Å². The minimum Gasteiger partial charge on any atom is -0.480 e. The molecule has 2 aliphatic rings. The number of aliphatic hydroxyl groups excluding tert-OH is 1. The first-order valence-electron chi connectivity index (χ1n) is 9.47. The van der Waals surface area contributed by atoms with Crippen LogP contribution in [-0.4, -0.2) is 65.9 Å². The standard InChI is InChI=1S/C19H28N2O5S/c1-12(2)14(11-22)20-18(25)16-9-13-15(27-16)3-8-26-19(13)4-6-21(7-5-19)10-17(23)24/h9,12,14,22H,3-8,10-11H2,1-2H3,(H,20,25)(H,23,24). The van der Waals surface area contributed by atoms with Gasteiger partial charge in [-0.1, -0.05) is 13.8 Å². The third kappa shape index (κ3) is 4.34. The molecule has 1 fully saturated rings. The Morgan fingerprint density at radius 2 is 2.07 bits per heavy atom. The highest BCUT2D eigenvalue weighted by molar-refractivity contribution is 7.14. The van der Waals surface area contributed by atoms with Gasteiger partial charge >= 0.3 is 5.97 Å². The lowest BCUT2D eigenvalue weighted by Crippen LogP contribution is -2.47. The van der Waals surface area contributed by atoms with E-state index in [4.69, 9.17) is 9.84 Å². The van der Waals surface area contributed by atoms with Crippen LogP contribution in [0.25, 0.3) is 0 Å². The Bertz CT molecular complexity index is 694. The molecule has 0 radical (unpaired) electrons. The van der Waals surface area contributed by atoms with Crippen molar-refractivity contribution in [2.24, 2.45) is 5.92 Å². The number of piperidine rings is 1. The van der Waals surface area contributed by atoms with Gasteiger partial charge in [-0.3, -0.25) is 14.5 Å². The molecule has 3 heterocycles. The molecular weight excluding hydrogens is 368 g/mol. The molecule has 8 heteroatoms. The van der Waals surface area contributed by atoms with Crippen LogP contribution in [0.2, 0.25) is 0 Å². The number of carboxylic acid groups (broad SMARTS) is 1. The molecule has 1 aromatic rings. The second-order valence-electron chi connectivity index (χ2n) is 7.72. The van der Waals surface area contributed by atoms with Crippen molar-refractivity contribution < 1.29 is 24.5 Å². The van der Waals surface area contributed by atoms with E-state index in [2.05, 4.69) is 5.32 Å². The molecule has 1 atom stereocenters. The van der Waals surface area contributed by atoms with Gasteiger partial charge in [-0.05, 0) is 30.4 Å². The lowest BCUT2D eigenvalue weighted by molar-refractivity contribution is -0.141. The van der Waals surface area contributed by atoms with Crippen LogP contribution in [0.3, 0.4) is 0 Å². The van der Waals surface area contributed by atoms with Gasteiger partial charge in [-0.25, -0.2) is 0 Å². The van der Waals surface area contributed by atoms with E-state index in [9.17, 15) is 14.7 Å². The number of nitrogens with one attached hydrogen (secondary N) is 1. The van der Waals surface area contributed by atoms with Crippen molar-refractivity contribution in [2.45, 2.75) is 44.8 Å². The molecule has 1 saturated heterocycles. The Balaban J connectivity index is 1.75. The summed E-state index contributed by atoms with van der Waals surface area (Å²) in [5.74, 6) is -0.809. The third-order valence-corrected chi connectivity index (χ3v) is 6.77. The van der Waals surface area contributed by atoms with Crippen LogP contribution in [0.1, 0.15) is 46.8 Å². The number of hydrogen-bond acceptors (Lipinski definition) is 6. The number of hydrogen-bond donors (Lipinski definition) is 3. The van der Waals surface area contributed by atoms with Crippen LogP contribution in [-0.2, 0) is 21.6 Å². The van der Waals surface area contributed by atoms with Crippen LogP contribution in [0.15, 0.2) is 6.07 Å². The Kier molecular flexibility index (Phi) is 6.20. The lowest BCUT2D eigenvalue weighted by atomic mass is 9.82. The summed E-state index contributed by atoms with van der Waals surface area (Å²) in [6, 6.07) is 1.68. The molecule has 7 nitrogen and oxygen atoms in total. The van der Waals surface area contributed by atoms with Crippen molar-refractivity contribution in [3.63, 3.8) is 0 Å². The average molecular weight is 397 g/mol. The zero-order valence-corrected chi connectivity index (χ0v) is 16.7.